The Morgan fingerprint density at radius 2 is 2.00 bits per heavy atom. The lowest BCUT2D eigenvalue weighted by atomic mass is 10.1. The van der Waals surface area contributed by atoms with Crippen LogP contribution in [0, 0.1) is 12.7 Å². The van der Waals surface area contributed by atoms with E-state index in [1.54, 1.807) is 18.2 Å². The Morgan fingerprint density at radius 3 is 2.68 bits per heavy atom. The van der Waals surface area contributed by atoms with Crippen LogP contribution in [0.25, 0.3) is 0 Å². The van der Waals surface area contributed by atoms with Crippen molar-refractivity contribution in [2.45, 2.75) is 30.7 Å². The second kappa shape index (κ2) is 9.36. The Morgan fingerprint density at radius 1 is 1.25 bits per heavy atom. The largest absolute Gasteiger partial charge is 0.350 e. The quantitative estimate of drug-likeness (QED) is 0.661. The molecule has 0 saturated carbocycles. The smallest absolute Gasteiger partial charge is 0.261 e. The molecule has 1 fully saturated rings. The second-order valence-electron chi connectivity index (χ2n) is 6.57. The fourth-order valence-electron chi connectivity index (χ4n) is 3.00. The van der Waals surface area contributed by atoms with Crippen LogP contribution in [0.15, 0.2) is 47.4 Å². The van der Waals surface area contributed by atoms with Gasteiger partial charge in [-0.1, -0.05) is 12.1 Å². The zero-order valence-electron chi connectivity index (χ0n) is 15.4. The van der Waals surface area contributed by atoms with Crippen LogP contribution >= 0.6 is 12.4 Å². The summed E-state index contributed by atoms with van der Waals surface area (Å²) in [4.78, 5) is 12.5. The topological polar surface area (TPSA) is 87.3 Å². The van der Waals surface area contributed by atoms with Gasteiger partial charge in [0.15, 0.2) is 0 Å². The van der Waals surface area contributed by atoms with E-state index in [4.69, 9.17) is 0 Å². The van der Waals surface area contributed by atoms with E-state index in [2.05, 4.69) is 15.4 Å². The van der Waals surface area contributed by atoms with E-state index in [0.717, 1.165) is 25.5 Å². The van der Waals surface area contributed by atoms with Gasteiger partial charge in [0.2, 0.25) is 0 Å². The Labute approximate surface area is 170 Å². The highest BCUT2D eigenvalue weighted by Crippen LogP contribution is 2.21. The summed E-state index contributed by atoms with van der Waals surface area (Å²) in [5.74, 6) is -0.827. The van der Waals surface area contributed by atoms with E-state index in [9.17, 15) is 17.6 Å². The molecule has 1 atom stereocenters. The summed E-state index contributed by atoms with van der Waals surface area (Å²) in [6.45, 7) is 2.91. The molecule has 152 valence electrons. The standard InChI is InChI=1S/C19H22FN3O3S.ClH/c1-13-11-15(8-9-17(13)20)27(25,26)23-18-7-3-2-6-16(18)19(24)22-12-14-5-4-10-21-14;/h2-3,6-9,11,14,21,23H,4-5,10,12H2,1H3,(H,22,24);1H. The predicted octanol–water partition coefficient (Wildman–Crippen LogP) is 2.84. The highest BCUT2D eigenvalue weighted by Gasteiger charge is 2.20. The van der Waals surface area contributed by atoms with Crippen molar-refractivity contribution >= 4 is 34.0 Å². The SMILES string of the molecule is Cc1cc(S(=O)(=O)Nc2ccccc2C(=O)NCC2CCCN2)ccc1F.Cl. The molecule has 3 rings (SSSR count). The Hall–Kier alpha value is -2.16. The number of halogens is 2. The molecule has 0 radical (unpaired) electrons. The highest BCUT2D eigenvalue weighted by molar-refractivity contribution is 7.92. The number of aryl methyl sites for hydroxylation is 1. The third-order valence-electron chi connectivity index (χ3n) is 4.53. The fourth-order valence-corrected chi connectivity index (χ4v) is 4.16. The van der Waals surface area contributed by atoms with Crippen molar-refractivity contribution in [1.82, 2.24) is 10.6 Å². The van der Waals surface area contributed by atoms with Crippen LogP contribution in [-0.2, 0) is 10.0 Å². The fraction of sp³-hybridized carbons (Fsp3) is 0.316. The minimum Gasteiger partial charge on any atom is -0.350 e. The van der Waals surface area contributed by atoms with Crippen LogP contribution in [0.1, 0.15) is 28.8 Å². The van der Waals surface area contributed by atoms with Crippen molar-refractivity contribution in [2.24, 2.45) is 0 Å². The minimum absolute atomic E-state index is 0. The van der Waals surface area contributed by atoms with Crippen LogP contribution in [0.5, 0.6) is 0 Å². The number of hydrogen-bond acceptors (Lipinski definition) is 4. The van der Waals surface area contributed by atoms with Crippen molar-refractivity contribution in [3.63, 3.8) is 0 Å². The van der Waals surface area contributed by atoms with Gasteiger partial charge in [0.05, 0.1) is 16.1 Å². The van der Waals surface area contributed by atoms with Gasteiger partial charge in [-0.15, -0.1) is 12.4 Å². The lowest BCUT2D eigenvalue weighted by molar-refractivity contribution is 0.0951. The average Bonchev–Trinajstić information content (AvgIpc) is 3.15. The van der Waals surface area contributed by atoms with Gasteiger partial charge in [-0.3, -0.25) is 9.52 Å². The molecule has 0 aliphatic carbocycles. The van der Waals surface area contributed by atoms with Crippen LogP contribution in [0.2, 0.25) is 0 Å². The van der Waals surface area contributed by atoms with E-state index in [0.29, 0.717) is 6.54 Å². The zero-order valence-corrected chi connectivity index (χ0v) is 17.0. The van der Waals surface area contributed by atoms with Crippen LogP contribution in [0.3, 0.4) is 0 Å². The molecule has 0 bridgehead atoms. The number of sulfonamides is 1. The molecule has 0 aromatic heterocycles. The summed E-state index contributed by atoms with van der Waals surface area (Å²) < 4.78 is 41.1. The van der Waals surface area contributed by atoms with Gasteiger partial charge in [-0.2, -0.15) is 0 Å². The number of carbonyl (C=O) groups excluding carboxylic acids is 1. The Balaban J connectivity index is 0.00000280. The second-order valence-corrected chi connectivity index (χ2v) is 8.25. The summed E-state index contributed by atoms with van der Waals surface area (Å²) in [5.41, 5.74) is 0.641. The molecule has 1 aliphatic rings. The van der Waals surface area contributed by atoms with E-state index in [1.165, 1.54) is 25.1 Å². The lowest BCUT2D eigenvalue weighted by Crippen LogP contribution is -2.37. The van der Waals surface area contributed by atoms with E-state index >= 15 is 0 Å². The molecular formula is C19H23ClFN3O3S. The zero-order chi connectivity index (χ0) is 19.4. The van der Waals surface area contributed by atoms with Gasteiger partial charge in [0.25, 0.3) is 15.9 Å². The first-order valence-corrected chi connectivity index (χ1v) is 10.2. The summed E-state index contributed by atoms with van der Waals surface area (Å²) >= 11 is 0. The van der Waals surface area contributed by atoms with Gasteiger partial charge in [-0.25, -0.2) is 12.8 Å². The van der Waals surface area contributed by atoms with Crippen LogP contribution < -0.4 is 15.4 Å². The molecule has 1 heterocycles. The first kappa shape index (κ1) is 22.1. The lowest BCUT2D eigenvalue weighted by Gasteiger charge is -2.15. The number of nitrogens with one attached hydrogen (secondary N) is 3. The van der Waals surface area contributed by atoms with Crippen molar-refractivity contribution < 1.29 is 17.6 Å². The van der Waals surface area contributed by atoms with E-state index < -0.39 is 15.8 Å². The average molecular weight is 428 g/mol. The highest BCUT2D eigenvalue weighted by atomic mass is 35.5. The molecule has 1 saturated heterocycles. The molecule has 9 heteroatoms. The first-order valence-electron chi connectivity index (χ1n) is 8.76. The summed E-state index contributed by atoms with van der Waals surface area (Å²) in [6.07, 6.45) is 2.08. The van der Waals surface area contributed by atoms with Gasteiger partial charge < -0.3 is 10.6 Å². The number of carbonyl (C=O) groups is 1. The van der Waals surface area contributed by atoms with Crippen LogP contribution in [-0.4, -0.2) is 33.5 Å². The predicted molar refractivity (Wildman–Crippen MR) is 109 cm³/mol. The minimum atomic E-state index is -3.95. The molecule has 3 N–H and O–H groups in total. The first-order chi connectivity index (χ1) is 12.9. The number of para-hydroxylation sites is 1. The molecule has 28 heavy (non-hydrogen) atoms. The monoisotopic (exact) mass is 427 g/mol. The van der Waals surface area contributed by atoms with E-state index in [1.807, 2.05) is 0 Å². The molecule has 2 aromatic carbocycles. The molecule has 2 aromatic rings. The normalized spacial score (nSPS) is 16.3. The maximum Gasteiger partial charge on any atom is 0.261 e. The number of benzene rings is 2. The maximum atomic E-state index is 13.4. The molecule has 1 unspecified atom stereocenters. The Bertz CT molecular complexity index is 947. The maximum absolute atomic E-state index is 13.4. The molecule has 1 amide bonds. The summed E-state index contributed by atoms with van der Waals surface area (Å²) in [6, 6.07) is 10.2. The summed E-state index contributed by atoms with van der Waals surface area (Å²) in [5, 5.41) is 6.13. The van der Waals surface area contributed by atoms with Crippen molar-refractivity contribution in [1.29, 1.82) is 0 Å². The Kier molecular flexibility index (Phi) is 7.40. The third-order valence-corrected chi connectivity index (χ3v) is 5.89. The van der Waals surface area contributed by atoms with E-state index in [-0.39, 0.29) is 46.1 Å². The van der Waals surface area contributed by atoms with Crippen molar-refractivity contribution in [3.05, 3.63) is 59.4 Å². The molecule has 1 aliphatic heterocycles. The molecule has 6 nitrogen and oxygen atoms in total. The van der Waals surface area contributed by atoms with Gasteiger partial charge in [-0.05, 0) is 62.2 Å². The van der Waals surface area contributed by atoms with Crippen molar-refractivity contribution in [2.75, 3.05) is 17.8 Å². The van der Waals surface area contributed by atoms with Gasteiger partial charge in [0.1, 0.15) is 5.82 Å². The third kappa shape index (κ3) is 5.21. The molecular weight excluding hydrogens is 405 g/mol. The number of amides is 1. The number of anilines is 1. The van der Waals surface area contributed by atoms with Gasteiger partial charge >= 0.3 is 0 Å². The van der Waals surface area contributed by atoms with Crippen LogP contribution in [0.4, 0.5) is 10.1 Å². The summed E-state index contributed by atoms with van der Waals surface area (Å²) in [7, 11) is -3.95. The number of hydrogen-bond donors (Lipinski definition) is 3. The molecule has 0 spiro atoms. The van der Waals surface area contributed by atoms with Crippen molar-refractivity contribution in [3.8, 4) is 0 Å². The number of rotatable bonds is 6. The van der Waals surface area contributed by atoms with Gasteiger partial charge in [0, 0.05) is 12.6 Å².